The lowest BCUT2D eigenvalue weighted by atomic mass is 10.2. The topological polar surface area (TPSA) is 76.3 Å². The van der Waals surface area contributed by atoms with Crippen molar-refractivity contribution < 1.29 is 4.74 Å². The summed E-state index contributed by atoms with van der Waals surface area (Å²) in [5, 5.41) is 0. The second-order valence-corrected chi connectivity index (χ2v) is 4.07. The zero-order valence-corrected chi connectivity index (χ0v) is 11.0. The Balaban J connectivity index is 2.18. The highest BCUT2D eigenvalue weighted by Gasteiger charge is 2.08. The van der Waals surface area contributed by atoms with Gasteiger partial charge in [-0.3, -0.25) is 0 Å². The molecule has 19 heavy (non-hydrogen) atoms. The van der Waals surface area contributed by atoms with Crippen molar-refractivity contribution in [1.82, 2.24) is 9.97 Å². The number of nitrogens with two attached hydrogens (primary N) is 1. The van der Waals surface area contributed by atoms with Crippen molar-refractivity contribution >= 4 is 11.6 Å². The first-order chi connectivity index (χ1) is 9.24. The molecule has 1 heterocycles. The first kappa shape index (κ1) is 13.1. The summed E-state index contributed by atoms with van der Waals surface area (Å²) < 4.78 is 5.34. The molecule has 1 aromatic heterocycles. The third kappa shape index (κ3) is 3.11. The van der Waals surface area contributed by atoms with Gasteiger partial charge in [-0.2, -0.15) is 0 Å². The van der Waals surface area contributed by atoms with Gasteiger partial charge in [0.2, 0.25) is 0 Å². The van der Waals surface area contributed by atoms with E-state index in [1.807, 2.05) is 36.2 Å². The van der Waals surface area contributed by atoms with E-state index in [0.29, 0.717) is 12.4 Å². The number of benzene rings is 1. The molecule has 0 saturated carbocycles. The average molecular weight is 259 g/mol. The first-order valence-corrected chi connectivity index (χ1v) is 5.86. The number of aromatic nitrogens is 2. The minimum absolute atomic E-state index is 0.580. The second-order valence-electron chi connectivity index (χ2n) is 4.07. The van der Waals surface area contributed by atoms with Gasteiger partial charge in [-0.05, 0) is 6.07 Å². The van der Waals surface area contributed by atoms with Gasteiger partial charge in [0.15, 0.2) is 0 Å². The molecule has 0 unspecified atom stereocenters. The van der Waals surface area contributed by atoms with Crippen LogP contribution in [-0.4, -0.2) is 24.1 Å². The van der Waals surface area contributed by atoms with Crippen LogP contribution >= 0.6 is 0 Å². The number of nitrogens with zero attached hydrogens (tertiary/aromatic N) is 3. The lowest BCUT2D eigenvalue weighted by Crippen LogP contribution is -2.19. The Labute approximate surface area is 112 Å². The Hall–Kier alpha value is -2.34. The maximum absolute atomic E-state index is 5.34. The standard InChI is InChI=1S/C13H17N5O/c1-18(13-7-12(17-14)15-9-16-13)8-10-5-3-4-6-11(10)19-2/h3-7,9H,8,14H2,1-2H3,(H,15,16,17). The zero-order valence-electron chi connectivity index (χ0n) is 11.0. The maximum Gasteiger partial charge on any atom is 0.145 e. The minimum atomic E-state index is 0.580. The van der Waals surface area contributed by atoms with Gasteiger partial charge in [-0.15, -0.1) is 0 Å². The molecule has 1 aromatic carbocycles. The highest BCUT2D eigenvalue weighted by molar-refractivity contribution is 5.48. The summed E-state index contributed by atoms with van der Waals surface area (Å²) in [5.41, 5.74) is 3.60. The number of hydrazine groups is 1. The summed E-state index contributed by atoms with van der Waals surface area (Å²) in [6, 6.07) is 9.69. The molecule has 3 N–H and O–H groups in total. The summed E-state index contributed by atoms with van der Waals surface area (Å²) >= 11 is 0. The van der Waals surface area contributed by atoms with Crippen LogP contribution in [0.25, 0.3) is 0 Å². The van der Waals surface area contributed by atoms with Gasteiger partial charge in [0.05, 0.1) is 7.11 Å². The van der Waals surface area contributed by atoms with Crippen LogP contribution in [0.15, 0.2) is 36.7 Å². The molecule has 0 aliphatic heterocycles. The van der Waals surface area contributed by atoms with Gasteiger partial charge in [0.1, 0.15) is 23.7 Å². The lowest BCUT2D eigenvalue weighted by Gasteiger charge is -2.19. The molecular formula is C13H17N5O. The summed E-state index contributed by atoms with van der Waals surface area (Å²) in [7, 11) is 3.62. The molecule has 0 fully saturated rings. The smallest absolute Gasteiger partial charge is 0.145 e. The normalized spacial score (nSPS) is 10.1. The van der Waals surface area contributed by atoms with Crippen LogP contribution in [0, 0.1) is 0 Å². The zero-order chi connectivity index (χ0) is 13.7. The Morgan fingerprint density at radius 3 is 2.84 bits per heavy atom. The Morgan fingerprint density at radius 2 is 2.11 bits per heavy atom. The third-order valence-electron chi connectivity index (χ3n) is 2.79. The van der Waals surface area contributed by atoms with Crippen molar-refractivity contribution in [3.05, 3.63) is 42.2 Å². The molecule has 0 radical (unpaired) electrons. The number of anilines is 2. The first-order valence-electron chi connectivity index (χ1n) is 5.86. The third-order valence-corrected chi connectivity index (χ3v) is 2.79. The number of rotatable bonds is 5. The van der Waals surface area contributed by atoms with Crippen LogP contribution in [-0.2, 0) is 6.54 Å². The number of nitrogen functional groups attached to an aromatic ring is 1. The van der Waals surface area contributed by atoms with Crippen LogP contribution in [0.5, 0.6) is 5.75 Å². The number of ether oxygens (including phenoxy) is 1. The predicted octanol–water partition coefficient (Wildman–Crippen LogP) is 1.41. The number of methoxy groups -OCH3 is 1. The Bertz CT molecular complexity index is 546. The number of hydrogen-bond acceptors (Lipinski definition) is 6. The molecule has 0 atom stereocenters. The Kier molecular flexibility index (Phi) is 4.15. The van der Waals surface area contributed by atoms with E-state index in [9.17, 15) is 0 Å². The molecule has 100 valence electrons. The van der Waals surface area contributed by atoms with Crippen LogP contribution in [0.4, 0.5) is 11.6 Å². The molecular weight excluding hydrogens is 242 g/mol. The fraction of sp³-hybridized carbons (Fsp3) is 0.231. The Morgan fingerprint density at radius 1 is 1.32 bits per heavy atom. The van der Waals surface area contributed by atoms with Crippen molar-refractivity contribution in [1.29, 1.82) is 0 Å². The maximum atomic E-state index is 5.34. The number of nitrogens with one attached hydrogen (secondary N) is 1. The average Bonchev–Trinajstić information content (AvgIpc) is 2.47. The van der Waals surface area contributed by atoms with Gasteiger partial charge in [0, 0.05) is 25.2 Å². The highest BCUT2D eigenvalue weighted by atomic mass is 16.5. The molecule has 0 aliphatic carbocycles. The lowest BCUT2D eigenvalue weighted by molar-refractivity contribution is 0.409. The highest BCUT2D eigenvalue weighted by Crippen LogP contribution is 2.21. The molecule has 0 bridgehead atoms. The molecule has 6 heteroatoms. The van der Waals surface area contributed by atoms with Crippen molar-refractivity contribution in [3.8, 4) is 5.75 Å². The van der Waals surface area contributed by atoms with Crippen LogP contribution in [0.2, 0.25) is 0 Å². The quantitative estimate of drug-likeness (QED) is 0.624. The van der Waals surface area contributed by atoms with Crippen molar-refractivity contribution in [2.24, 2.45) is 5.84 Å². The van der Waals surface area contributed by atoms with Crippen LogP contribution in [0.3, 0.4) is 0 Å². The minimum Gasteiger partial charge on any atom is -0.496 e. The van der Waals surface area contributed by atoms with E-state index in [2.05, 4.69) is 15.4 Å². The molecule has 2 aromatic rings. The van der Waals surface area contributed by atoms with Gasteiger partial charge in [-0.25, -0.2) is 15.8 Å². The summed E-state index contributed by atoms with van der Waals surface area (Å²) in [4.78, 5) is 10.2. The van der Waals surface area contributed by atoms with E-state index >= 15 is 0 Å². The van der Waals surface area contributed by atoms with E-state index in [1.165, 1.54) is 6.33 Å². The predicted molar refractivity (Wildman–Crippen MR) is 74.9 cm³/mol. The summed E-state index contributed by atoms with van der Waals surface area (Å²) in [6.07, 6.45) is 1.48. The fourth-order valence-electron chi connectivity index (χ4n) is 1.80. The second kappa shape index (κ2) is 6.01. The molecule has 0 amide bonds. The van der Waals surface area contributed by atoms with Gasteiger partial charge in [-0.1, -0.05) is 18.2 Å². The fourth-order valence-corrected chi connectivity index (χ4v) is 1.80. The van der Waals surface area contributed by atoms with E-state index in [-0.39, 0.29) is 0 Å². The van der Waals surface area contributed by atoms with Crippen LogP contribution in [0.1, 0.15) is 5.56 Å². The van der Waals surface area contributed by atoms with E-state index in [4.69, 9.17) is 10.6 Å². The monoisotopic (exact) mass is 259 g/mol. The molecule has 0 aliphatic rings. The van der Waals surface area contributed by atoms with E-state index in [0.717, 1.165) is 17.1 Å². The van der Waals surface area contributed by atoms with Gasteiger partial charge >= 0.3 is 0 Å². The van der Waals surface area contributed by atoms with Crippen molar-refractivity contribution in [2.45, 2.75) is 6.54 Å². The molecule has 6 nitrogen and oxygen atoms in total. The van der Waals surface area contributed by atoms with Gasteiger partial charge in [0.25, 0.3) is 0 Å². The van der Waals surface area contributed by atoms with E-state index in [1.54, 1.807) is 13.2 Å². The summed E-state index contributed by atoms with van der Waals surface area (Å²) in [6.45, 7) is 0.686. The molecule has 2 rings (SSSR count). The number of para-hydroxylation sites is 1. The largest absolute Gasteiger partial charge is 0.496 e. The van der Waals surface area contributed by atoms with Gasteiger partial charge < -0.3 is 15.1 Å². The molecule has 0 spiro atoms. The van der Waals surface area contributed by atoms with Crippen LogP contribution < -0.4 is 20.9 Å². The molecule has 0 saturated heterocycles. The number of hydrogen-bond donors (Lipinski definition) is 2. The summed E-state index contributed by atoms with van der Waals surface area (Å²) in [5.74, 6) is 7.57. The van der Waals surface area contributed by atoms with E-state index < -0.39 is 0 Å². The van der Waals surface area contributed by atoms with Crippen molar-refractivity contribution in [3.63, 3.8) is 0 Å². The SMILES string of the molecule is COc1ccccc1CN(C)c1cc(NN)ncn1. The van der Waals surface area contributed by atoms with Crippen molar-refractivity contribution in [2.75, 3.05) is 24.5 Å².